The minimum atomic E-state index is 0. The van der Waals surface area contributed by atoms with E-state index in [2.05, 4.69) is 69.6 Å². The van der Waals surface area contributed by atoms with Crippen LogP contribution in [0.4, 0.5) is 0 Å². The Bertz CT molecular complexity index is 450. The summed E-state index contributed by atoms with van der Waals surface area (Å²) in [6.07, 6.45) is 0. The maximum atomic E-state index is 4.62. The summed E-state index contributed by atoms with van der Waals surface area (Å²) >= 11 is 0. The average Bonchev–Trinajstić information content (AvgIpc) is 2.58. The first-order valence-corrected chi connectivity index (χ1v) is 8.82. The molecule has 1 aliphatic heterocycles. The van der Waals surface area contributed by atoms with Crippen LogP contribution in [0.25, 0.3) is 0 Å². The van der Waals surface area contributed by atoms with Crippen molar-refractivity contribution in [2.45, 2.75) is 20.4 Å². The first kappa shape index (κ1) is 20.9. The smallest absolute Gasteiger partial charge is 0.191 e. The Hall–Kier alpha value is -1.11. The lowest BCUT2D eigenvalue weighted by Crippen LogP contribution is -2.46. The zero-order valence-corrected chi connectivity index (χ0v) is 16.7. The molecule has 1 saturated heterocycles. The fraction of sp³-hybridized carbons (Fsp3) is 0.611. The largest absolute Gasteiger partial charge is 0.357 e. The lowest BCUT2D eigenvalue weighted by atomic mass is 10.2. The number of aliphatic imine (C=N–C) groups is 1. The average molecular weight is 398 g/mol. The van der Waals surface area contributed by atoms with Crippen molar-refractivity contribution in [3.63, 3.8) is 0 Å². The first-order chi connectivity index (χ1) is 11.3. The summed E-state index contributed by atoms with van der Waals surface area (Å²) in [5.41, 5.74) is 1.41. The van der Waals surface area contributed by atoms with E-state index in [1.807, 2.05) is 0 Å². The number of piperazine rings is 1. The van der Waals surface area contributed by atoms with Crippen molar-refractivity contribution in [1.82, 2.24) is 20.4 Å². The minimum absolute atomic E-state index is 0. The summed E-state index contributed by atoms with van der Waals surface area (Å²) in [4.78, 5) is 9.68. The fourth-order valence-corrected chi connectivity index (χ4v) is 2.83. The Balaban J connectivity index is 0.00000288. The summed E-state index contributed by atoms with van der Waals surface area (Å²) < 4.78 is 0. The van der Waals surface area contributed by atoms with E-state index in [4.69, 9.17) is 0 Å². The van der Waals surface area contributed by atoms with Gasteiger partial charge in [-0.15, -0.1) is 17.0 Å². The molecule has 2 N–H and O–H groups in total. The highest BCUT2D eigenvalue weighted by atomic mass is 79.9. The Kier molecular flexibility index (Phi) is 10.7. The van der Waals surface area contributed by atoms with Gasteiger partial charge in [0.25, 0.3) is 0 Å². The molecule has 0 spiro atoms. The predicted octanol–water partition coefficient (Wildman–Crippen LogP) is 1.96. The highest BCUT2D eigenvalue weighted by Crippen LogP contribution is 2.08. The van der Waals surface area contributed by atoms with Crippen LogP contribution < -0.4 is 10.6 Å². The van der Waals surface area contributed by atoms with Crippen LogP contribution in [-0.4, -0.2) is 68.1 Å². The summed E-state index contributed by atoms with van der Waals surface area (Å²) in [6, 6.07) is 10.7. The monoisotopic (exact) mass is 397 g/mol. The molecule has 136 valence electrons. The Morgan fingerprint density at radius 2 is 1.54 bits per heavy atom. The van der Waals surface area contributed by atoms with Crippen LogP contribution in [0.15, 0.2) is 35.3 Å². The lowest BCUT2D eigenvalue weighted by Gasteiger charge is -2.34. The van der Waals surface area contributed by atoms with Crippen molar-refractivity contribution < 1.29 is 0 Å². The van der Waals surface area contributed by atoms with Crippen molar-refractivity contribution >= 4 is 22.9 Å². The summed E-state index contributed by atoms with van der Waals surface area (Å²) in [5.74, 6) is 0.928. The Labute approximate surface area is 157 Å². The third-order valence-corrected chi connectivity index (χ3v) is 4.09. The van der Waals surface area contributed by atoms with Crippen LogP contribution in [0.3, 0.4) is 0 Å². The highest BCUT2D eigenvalue weighted by Gasteiger charge is 2.16. The van der Waals surface area contributed by atoms with Gasteiger partial charge in [0.05, 0.1) is 6.54 Å². The molecule has 1 heterocycles. The standard InChI is InChI=1S/C18H31N5.BrH/c1-3-19-18(20-4-2)21-10-11-22-12-14-23(15-13-22)16-17-8-6-5-7-9-17;/h5-9H,3-4,10-16H2,1-2H3,(H2,19,20,21);1H. The van der Waals surface area contributed by atoms with Gasteiger partial charge in [-0.2, -0.15) is 0 Å². The summed E-state index contributed by atoms with van der Waals surface area (Å²) in [5, 5.41) is 6.54. The van der Waals surface area contributed by atoms with Gasteiger partial charge in [0, 0.05) is 52.4 Å². The van der Waals surface area contributed by atoms with Crippen molar-refractivity contribution in [1.29, 1.82) is 0 Å². The van der Waals surface area contributed by atoms with Crippen LogP contribution in [0.5, 0.6) is 0 Å². The quantitative estimate of drug-likeness (QED) is 0.545. The van der Waals surface area contributed by atoms with E-state index >= 15 is 0 Å². The summed E-state index contributed by atoms with van der Waals surface area (Å²) in [6.45, 7) is 13.5. The van der Waals surface area contributed by atoms with Crippen LogP contribution in [-0.2, 0) is 6.54 Å². The predicted molar refractivity (Wildman–Crippen MR) is 108 cm³/mol. The van der Waals surface area contributed by atoms with E-state index in [1.165, 1.54) is 5.56 Å². The normalized spacial score (nSPS) is 15.4. The van der Waals surface area contributed by atoms with Crippen molar-refractivity contribution in [2.75, 3.05) is 52.4 Å². The number of rotatable bonds is 7. The van der Waals surface area contributed by atoms with Gasteiger partial charge in [-0.25, -0.2) is 0 Å². The molecule has 0 atom stereocenters. The van der Waals surface area contributed by atoms with Crippen molar-refractivity contribution in [3.8, 4) is 0 Å². The van der Waals surface area contributed by atoms with Gasteiger partial charge in [-0.05, 0) is 19.4 Å². The van der Waals surface area contributed by atoms with E-state index < -0.39 is 0 Å². The molecular weight excluding hydrogens is 366 g/mol. The maximum Gasteiger partial charge on any atom is 0.191 e. The van der Waals surface area contributed by atoms with E-state index in [1.54, 1.807) is 0 Å². The topological polar surface area (TPSA) is 42.9 Å². The van der Waals surface area contributed by atoms with Gasteiger partial charge in [0.1, 0.15) is 0 Å². The Morgan fingerprint density at radius 3 is 2.12 bits per heavy atom. The van der Waals surface area contributed by atoms with Crippen LogP contribution in [0.2, 0.25) is 0 Å². The number of nitrogens with one attached hydrogen (secondary N) is 2. The minimum Gasteiger partial charge on any atom is -0.357 e. The first-order valence-electron chi connectivity index (χ1n) is 8.82. The van der Waals surface area contributed by atoms with Gasteiger partial charge in [0.2, 0.25) is 0 Å². The third kappa shape index (κ3) is 7.64. The van der Waals surface area contributed by atoms with Gasteiger partial charge < -0.3 is 10.6 Å². The molecule has 1 aromatic carbocycles. The van der Waals surface area contributed by atoms with Crippen molar-refractivity contribution in [3.05, 3.63) is 35.9 Å². The fourth-order valence-electron chi connectivity index (χ4n) is 2.83. The lowest BCUT2D eigenvalue weighted by molar-refractivity contribution is 0.130. The molecule has 24 heavy (non-hydrogen) atoms. The number of nitrogens with zero attached hydrogens (tertiary/aromatic N) is 3. The SMILES string of the molecule is Br.CCNC(=NCCN1CCN(Cc2ccccc2)CC1)NCC. The molecule has 0 aromatic heterocycles. The second-order valence-corrected chi connectivity index (χ2v) is 5.89. The van der Waals surface area contributed by atoms with Crippen LogP contribution >= 0.6 is 17.0 Å². The van der Waals surface area contributed by atoms with Gasteiger partial charge >= 0.3 is 0 Å². The molecule has 5 nitrogen and oxygen atoms in total. The Morgan fingerprint density at radius 1 is 0.958 bits per heavy atom. The van der Waals surface area contributed by atoms with Gasteiger partial charge in [-0.1, -0.05) is 30.3 Å². The number of hydrogen-bond acceptors (Lipinski definition) is 3. The van der Waals surface area contributed by atoms with Crippen LogP contribution in [0.1, 0.15) is 19.4 Å². The van der Waals surface area contributed by atoms with Crippen molar-refractivity contribution in [2.24, 2.45) is 4.99 Å². The maximum absolute atomic E-state index is 4.62. The van der Waals surface area contributed by atoms with E-state index in [9.17, 15) is 0 Å². The zero-order valence-electron chi connectivity index (χ0n) is 15.0. The summed E-state index contributed by atoms with van der Waals surface area (Å²) in [7, 11) is 0. The molecule has 1 aliphatic rings. The highest BCUT2D eigenvalue weighted by molar-refractivity contribution is 8.93. The molecular formula is C18H32BrN5. The zero-order chi connectivity index (χ0) is 16.3. The molecule has 1 aromatic rings. The number of hydrogen-bond donors (Lipinski definition) is 2. The van der Waals surface area contributed by atoms with E-state index in [0.717, 1.165) is 64.9 Å². The molecule has 0 saturated carbocycles. The second kappa shape index (κ2) is 12.3. The molecule has 0 amide bonds. The molecule has 1 fully saturated rings. The number of guanidine groups is 1. The van der Waals surface area contributed by atoms with Gasteiger partial charge in [0.15, 0.2) is 5.96 Å². The van der Waals surface area contributed by atoms with Crippen LogP contribution in [0, 0.1) is 0 Å². The van der Waals surface area contributed by atoms with Gasteiger partial charge in [-0.3, -0.25) is 14.8 Å². The molecule has 2 rings (SSSR count). The molecule has 0 bridgehead atoms. The molecule has 6 heteroatoms. The molecule has 0 aliphatic carbocycles. The molecule has 0 radical (unpaired) electrons. The molecule has 0 unspecified atom stereocenters. The number of benzene rings is 1. The van der Waals surface area contributed by atoms with E-state index in [0.29, 0.717) is 0 Å². The van der Waals surface area contributed by atoms with E-state index in [-0.39, 0.29) is 17.0 Å². The number of halogens is 1. The third-order valence-electron chi connectivity index (χ3n) is 4.09. The second-order valence-electron chi connectivity index (χ2n) is 5.89.